The minimum atomic E-state index is -0.182. The van der Waals surface area contributed by atoms with E-state index in [1.807, 2.05) is 135 Å². The molecule has 4 N–H and O–H groups in total. The predicted molar refractivity (Wildman–Crippen MR) is 259 cm³/mol. The first kappa shape index (κ1) is 43.1. The first-order valence-corrected chi connectivity index (χ1v) is 21.8. The van der Waals surface area contributed by atoms with Gasteiger partial charge in [0.1, 0.15) is 0 Å². The third kappa shape index (κ3) is 10.9. The van der Waals surface area contributed by atoms with Crippen LogP contribution in [0, 0.1) is 13.8 Å². The number of aryl methyl sites for hydroxylation is 2. The van der Waals surface area contributed by atoms with Crippen molar-refractivity contribution in [2.45, 2.75) is 26.9 Å². The number of carbonyl (C=O) groups excluding carboxylic acids is 2. The molecule has 8 aromatic rings. The summed E-state index contributed by atoms with van der Waals surface area (Å²) in [7, 11) is 0. The third-order valence-electron chi connectivity index (χ3n) is 11.4. The number of hydrogen-bond acceptors (Lipinski definition) is 12. The van der Waals surface area contributed by atoms with E-state index in [0.29, 0.717) is 34.4 Å². The number of pyridine rings is 2. The van der Waals surface area contributed by atoms with E-state index in [9.17, 15) is 9.59 Å². The molecule has 4 aromatic heterocycles. The largest absolute Gasteiger partial charge is 0.324 e. The van der Waals surface area contributed by atoms with E-state index in [-0.39, 0.29) is 11.8 Å². The molecule has 1 aliphatic rings. The Morgan fingerprint density at radius 3 is 1.33 bits per heavy atom. The lowest BCUT2D eigenvalue weighted by Gasteiger charge is -2.34. The highest BCUT2D eigenvalue weighted by Crippen LogP contribution is 2.27. The van der Waals surface area contributed by atoms with Gasteiger partial charge in [0.2, 0.25) is 11.9 Å². The Morgan fingerprint density at radius 2 is 0.939 bits per heavy atom. The van der Waals surface area contributed by atoms with Crippen molar-refractivity contribution in [1.82, 2.24) is 39.7 Å². The number of carbonyl (C=O) groups is 2. The lowest BCUT2D eigenvalue weighted by Crippen LogP contribution is -2.45. The fourth-order valence-electron chi connectivity index (χ4n) is 7.65. The molecule has 0 bridgehead atoms. The van der Waals surface area contributed by atoms with E-state index >= 15 is 0 Å². The molecule has 14 nitrogen and oxygen atoms in total. The standard InChI is InChI=1S/C52H48N12O2/c1-35-7-17-43(29-47(35)61-51-55-23-19-45(59-51)41-5-3-21-53-31-41)57-49(65)39-13-9-37(10-14-39)33-63-25-27-64(28-26-63)34-38-11-15-40(16-12-38)50(66)58-44-18-8-36(2)48(30-44)62-52-56-24-20-46(60-52)42-6-4-22-54-32-42/h3-24,29-32H,25-28,33-34H2,1-2H3,(H,57,65)(H,58,66)(H,55,59,61)(H,56,60,62). The van der Waals surface area contributed by atoms with Gasteiger partial charge in [-0.05, 0) is 121 Å². The molecule has 9 rings (SSSR count). The van der Waals surface area contributed by atoms with Gasteiger partial charge in [-0.25, -0.2) is 19.9 Å². The summed E-state index contributed by atoms with van der Waals surface area (Å²) in [5, 5.41) is 12.7. The summed E-state index contributed by atoms with van der Waals surface area (Å²) in [5.74, 6) is 0.541. The lowest BCUT2D eigenvalue weighted by molar-refractivity contribution is 0.101. The Balaban J connectivity index is 0.724. The molecule has 1 fully saturated rings. The molecule has 5 heterocycles. The normalized spacial score (nSPS) is 12.9. The van der Waals surface area contributed by atoms with Gasteiger partial charge in [-0.2, -0.15) is 0 Å². The van der Waals surface area contributed by atoms with Crippen molar-refractivity contribution < 1.29 is 9.59 Å². The number of nitrogens with zero attached hydrogens (tertiary/aromatic N) is 8. The molecular weight excluding hydrogens is 825 g/mol. The molecule has 0 spiro atoms. The zero-order chi connectivity index (χ0) is 45.2. The maximum atomic E-state index is 13.3. The Morgan fingerprint density at radius 1 is 0.515 bits per heavy atom. The summed E-state index contributed by atoms with van der Waals surface area (Å²) >= 11 is 0. The molecule has 1 saturated heterocycles. The fourth-order valence-corrected chi connectivity index (χ4v) is 7.65. The molecule has 2 amide bonds. The minimum absolute atomic E-state index is 0.182. The first-order chi connectivity index (χ1) is 32.3. The number of piperazine rings is 1. The number of anilines is 6. The Kier molecular flexibility index (Phi) is 13.1. The zero-order valence-electron chi connectivity index (χ0n) is 36.6. The molecule has 14 heteroatoms. The maximum absolute atomic E-state index is 13.3. The van der Waals surface area contributed by atoms with Crippen molar-refractivity contribution in [3.63, 3.8) is 0 Å². The molecule has 0 atom stereocenters. The van der Waals surface area contributed by atoms with Crippen molar-refractivity contribution >= 4 is 46.5 Å². The summed E-state index contributed by atoms with van der Waals surface area (Å²) in [6.45, 7) is 9.32. The molecule has 0 saturated carbocycles. The van der Waals surface area contributed by atoms with Crippen LogP contribution in [-0.4, -0.2) is 77.7 Å². The van der Waals surface area contributed by atoms with Crippen molar-refractivity contribution in [3.05, 3.63) is 192 Å². The van der Waals surface area contributed by atoms with E-state index in [0.717, 1.165) is 95.4 Å². The number of benzene rings is 4. The smallest absolute Gasteiger partial charge is 0.255 e. The van der Waals surface area contributed by atoms with E-state index in [4.69, 9.17) is 0 Å². The highest BCUT2D eigenvalue weighted by Gasteiger charge is 2.18. The molecular formula is C52H48N12O2. The second-order valence-electron chi connectivity index (χ2n) is 16.2. The molecule has 4 aromatic carbocycles. The average molecular weight is 873 g/mol. The quantitative estimate of drug-likeness (QED) is 0.0820. The van der Waals surface area contributed by atoms with Crippen LogP contribution in [0.15, 0.2) is 159 Å². The van der Waals surface area contributed by atoms with E-state index in [1.165, 1.54) is 0 Å². The van der Waals surface area contributed by atoms with Crippen molar-refractivity contribution in [3.8, 4) is 22.5 Å². The van der Waals surface area contributed by atoms with Crippen molar-refractivity contribution in [2.24, 2.45) is 0 Å². The highest BCUT2D eigenvalue weighted by atomic mass is 16.2. The summed E-state index contributed by atoms with van der Waals surface area (Å²) in [6, 6.07) is 38.4. The van der Waals surface area contributed by atoms with Crippen LogP contribution in [0.5, 0.6) is 0 Å². The van der Waals surface area contributed by atoms with Gasteiger partial charge < -0.3 is 21.3 Å². The third-order valence-corrected chi connectivity index (χ3v) is 11.4. The Labute approximate surface area is 383 Å². The van der Waals surface area contributed by atoms with E-state index < -0.39 is 0 Å². The number of rotatable bonds is 14. The second kappa shape index (κ2) is 20.1. The van der Waals surface area contributed by atoms with Crippen LogP contribution in [0.3, 0.4) is 0 Å². The number of amides is 2. The Hall–Kier alpha value is -8.20. The number of hydrogen-bond donors (Lipinski definition) is 4. The van der Waals surface area contributed by atoms with Crippen molar-refractivity contribution in [1.29, 1.82) is 0 Å². The Bertz CT molecular complexity index is 2740. The molecule has 0 aliphatic carbocycles. The number of nitrogens with one attached hydrogen (secondary N) is 4. The van der Waals surface area contributed by atoms with Crippen molar-refractivity contribution in [2.75, 3.05) is 47.4 Å². The summed E-state index contributed by atoms with van der Waals surface area (Å²) in [4.78, 5) is 57.9. The minimum Gasteiger partial charge on any atom is -0.324 e. The SMILES string of the molecule is Cc1ccc(NC(=O)c2ccc(CN3CCN(Cc4ccc(C(=O)Nc5ccc(C)c(Nc6nccc(-c7cccnc7)n6)c5)cc4)CC3)cc2)cc1Nc1nccc(-c2cccnc2)n1. The van der Waals surface area contributed by atoms with Gasteiger partial charge in [-0.1, -0.05) is 36.4 Å². The van der Waals surface area contributed by atoms with Gasteiger partial charge in [-0.15, -0.1) is 0 Å². The molecule has 1 aliphatic heterocycles. The van der Waals surface area contributed by atoms with Crippen LogP contribution >= 0.6 is 0 Å². The lowest BCUT2D eigenvalue weighted by atomic mass is 10.1. The fraction of sp³-hybridized carbons (Fsp3) is 0.154. The van der Waals surface area contributed by atoms with Gasteiger partial charge >= 0.3 is 0 Å². The van der Waals surface area contributed by atoms with Gasteiger partial charge in [0.15, 0.2) is 0 Å². The van der Waals surface area contributed by atoms with Gasteiger partial charge in [-0.3, -0.25) is 29.4 Å². The van der Waals surface area contributed by atoms with Crippen LogP contribution in [0.4, 0.5) is 34.6 Å². The molecule has 0 unspecified atom stereocenters. The maximum Gasteiger partial charge on any atom is 0.255 e. The summed E-state index contributed by atoms with van der Waals surface area (Å²) < 4.78 is 0. The van der Waals surface area contributed by atoms with Crippen LogP contribution < -0.4 is 21.3 Å². The summed E-state index contributed by atoms with van der Waals surface area (Å²) in [6.07, 6.45) is 10.4. The monoisotopic (exact) mass is 872 g/mol. The molecule has 0 radical (unpaired) electrons. The predicted octanol–water partition coefficient (Wildman–Crippen LogP) is 9.32. The number of aromatic nitrogens is 6. The second-order valence-corrected chi connectivity index (χ2v) is 16.2. The topological polar surface area (TPSA) is 166 Å². The average Bonchev–Trinajstić information content (AvgIpc) is 3.35. The van der Waals surface area contributed by atoms with E-state index in [2.05, 4.69) is 61.0 Å². The van der Waals surface area contributed by atoms with Gasteiger partial charge in [0, 0.05) is 121 Å². The van der Waals surface area contributed by atoms with Crippen LogP contribution in [0.2, 0.25) is 0 Å². The highest BCUT2D eigenvalue weighted by molar-refractivity contribution is 6.05. The first-order valence-electron chi connectivity index (χ1n) is 21.8. The zero-order valence-corrected chi connectivity index (χ0v) is 36.6. The van der Waals surface area contributed by atoms with Crippen LogP contribution in [0.1, 0.15) is 43.0 Å². The summed E-state index contributed by atoms with van der Waals surface area (Å²) in [5.41, 5.74) is 11.7. The van der Waals surface area contributed by atoms with Crippen LogP contribution in [0.25, 0.3) is 22.5 Å². The van der Waals surface area contributed by atoms with Gasteiger partial charge in [0.05, 0.1) is 11.4 Å². The van der Waals surface area contributed by atoms with Gasteiger partial charge in [0.25, 0.3) is 11.8 Å². The van der Waals surface area contributed by atoms with Crippen LogP contribution in [-0.2, 0) is 13.1 Å². The molecule has 66 heavy (non-hydrogen) atoms. The molecule has 328 valence electrons. The van der Waals surface area contributed by atoms with E-state index in [1.54, 1.807) is 37.2 Å².